The predicted octanol–water partition coefficient (Wildman–Crippen LogP) is 9.36. The Kier molecular flexibility index (Phi) is 18.7. The van der Waals surface area contributed by atoms with Crippen molar-refractivity contribution in [1.82, 2.24) is 4.98 Å². The summed E-state index contributed by atoms with van der Waals surface area (Å²) in [6, 6.07) is 3.90. The van der Waals surface area contributed by atoms with Crippen molar-refractivity contribution in [3.05, 3.63) is 35.7 Å². The van der Waals surface area contributed by atoms with Crippen LogP contribution >= 0.6 is 0 Å². The van der Waals surface area contributed by atoms with Crippen molar-refractivity contribution in [1.29, 1.82) is 0 Å². The van der Waals surface area contributed by atoms with Crippen LogP contribution in [0.15, 0.2) is 24.3 Å². The van der Waals surface area contributed by atoms with Crippen LogP contribution < -0.4 is 0 Å². The van der Waals surface area contributed by atoms with Gasteiger partial charge in [-0.15, -0.1) is 0 Å². The normalized spacial score (nSPS) is 11.5. The van der Waals surface area contributed by atoms with Gasteiger partial charge in [-0.25, -0.2) is 0 Å². The standard InChI is InChI=1S/C28H49NO/c1-2-3-4-5-6-7-8-9-10-11-12-13-14-15-16-17-18-19-20-21-22-23-27-24-25-28(26-30)29-27/h14-15,24-26,29H,2-13,16-23H2,1H3/b15-14-. The zero-order chi connectivity index (χ0) is 21.5. The van der Waals surface area contributed by atoms with Gasteiger partial charge < -0.3 is 4.98 Å². The summed E-state index contributed by atoms with van der Waals surface area (Å²) in [7, 11) is 0. The van der Waals surface area contributed by atoms with Gasteiger partial charge >= 0.3 is 0 Å². The predicted molar refractivity (Wildman–Crippen MR) is 132 cm³/mol. The van der Waals surface area contributed by atoms with Crippen LogP contribution in [0.5, 0.6) is 0 Å². The summed E-state index contributed by atoms with van der Waals surface area (Å²) in [4.78, 5) is 13.8. The summed E-state index contributed by atoms with van der Waals surface area (Å²) in [6.07, 6.45) is 33.0. The Bertz CT molecular complexity index is 516. The number of H-pyrrole nitrogens is 1. The number of unbranched alkanes of at least 4 members (excludes halogenated alkanes) is 17. The highest BCUT2D eigenvalue weighted by molar-refractivity contribution is 5.71. The number of allylic oxidation sites excluding steroid dienone is 2. The van der Waals surface area contributed by atoms with E-state index in [9.17, 15) is 4.79 Å². The zero-order valence-electron chi connectivity index (χ0n) is 19.9. The molecule has 0 spiro atoms. The first-order valence-electron chi connectivity index (χ1n) is 13.1. The summed E-state index contributed by atoms with van der Waals surface area (Å²) in [5.74, 6) is 0. The Morgan fingerprint density at radius 2 is 1.10 bits per heavy atom. The average Bonchev–Trinajstić information content (AvgIpc) is 3.23. The molecule has 0 saturated carbocycles. The maximum Gasteiger partial charge on any atom is 0.166 e. The Morgan fingerprint density at radius 3 is 1.57 bits per heavy atom. The lowest BCUT2D eigenvalue weighted by Gasteiger charge is -2.02. The molecule has 1 aromatic rings. The molecule has 0 unspecified atom stereocenters. The lowest BCUT2D eigenvalue weighted by atomic mass is 10.0. The number of aromatic amines is 1. The second-order valence-electron chi connectivity index (χ2n) is 9.01. The van der Waals surface area contributed by atoms with Crippen molar-refractivity contribution in [3.63, 3.8) is 0 Å². The Labute approximate surface area is 187 Å². The Morgan fingerprint density at radius 1 is 0.633 bits per heavy atom. The lowest BCUT2D eigenvalue weighted by molar-refractivity contribution is 0.111. The summed E-state index contributed by atoms with van der Waals surface area (Å²) in [5, 5.41) is 0. The van der Waals surface area contributed by atoms with E-state index in [1.165, 1.54) is 128 Å². The molecular formula is C28H49NO. The quantitative estimate of drug-likeness (QED) is 0.114. The van der Waals surface area contributed by atoms with Crippen molar-refractivity contribution in [2.24, 2.45) is 0 Å². The minimum atomic E-state index is 0.696. The van der Waals surface area contributed by atoms with E-state index in [0.717, 1.165) is 12.7 Å². The van der Waals surface area contributed by atoms with Crippen LogP contribution in [0.1, 0.15) is 145 Å². The fourth-order valence-electron chi connectivity index (χ4n) is 4.12. The van der Waals surface area contributed by atoms with E-state index < -0.39 is 0 Å². The molecule has 0 saturated heterocycles. The molecule has 172 valence electrons. The van der Waals surface area contributed by atoms with E-state index in [4.69, 9.17) is 0 Å². The number of hydrogen-bond donors (Lipinski definition) is 1. The summed E-state index contributed by atoms with van der Waals surface area (Å²) < 4.78 is 0. The molecule has 0 aliphatic carbocycles. The molecule has 2 heteroatoms. The van der Waals surface area contributed by atoms with Crippen LogP contribution in [-0.4, -0.2) is 11.3 Å². The van der Waals surface area contributed by atoms with E-state index in [2.05, 4.69) is 24.1 Å². The highest BCUT2D eigenvalue weighted by Gasteiger charge is 1.98. The number of carbonyl (C=O) groups excluding carboxylic acids is 1. The molecule has 0 bridgehead atoms. The summed E-state index contributed by atoms with van der Waals surface area (Å²) >= 11 is 0. The molecule has 0 aromatic carbocycles. The van der Waals surface area contributed by atoms with Crippen molar-refractivity contribution >= 4 is 6.29 Å². The van der Waals surface area contributed by atoms with Crippen molar-refractivity contribution < 1.29 is 4.79 Å². The van der Waals surface area contributed by atoms with Gasteiger partial charge in [-0.2, -0.15) is 0 Å². The molecule has 0 aliphatic heterocycles. The van der Waals surface area contributed by atoms with Crippen molar-refractivity contribution in [2.75, 3.05) is 0 Å². The van der Waals surface area contributed by atoms with Gasteiger partial charge in [0.15, 0.2) is 6.29 Å². The molecule has 0 atom stereocenters. The molecule has 1 N–H and O–H groups in total. The maximum absolute atomic E-state index is 10.6. The van der Waals surface area contributed by atoms with Crippen molar-refractivity contribution in [2.45, 2.75) is 135 Å². The van der Waals surface area contributed by atoms with Gasteiger partial charge in [0, 0.05) is 5.69 Å². The van der Waals surface area contributed by atoms with E-state index >= 15 is 0 Å². The average molecular weight is 416 g/mol. The van der Waals surface area contributed by atoms with Crippen LogP contribution in [0, 0.1) is 0 Å². The first kappa shape index (κ1) is 26.7. The number of aldehydes is 1. The van der Waals surface area contributed by atoms with Crippen LogP contribution in [0.4, 0.5) is 0 Å². The van der Waals surface area contributed by atoms with Gasteiger partial charge in [0.25, 0.3) is 0 Å². The van der Waals surface area contributed by atoms with Crippen LogP contribution in [0.2, 0.25) is 0 Å². The third-order valence-corrected chi connectivity index (χ3v) is 6.10. The Hall–Kier alpha value is -1.31. The number of carbonyl (C=O) groups is 1. The van der Waals surface area contributed by atoms with Crippen LogP contribution in [0.3, 0.4) is 0 Å². The van der Waals surface area contributed by atoms with Crippen LogP contribution in [0.25, 0.3) is 0 Å². The van der Waals surface area contributed by atoms with Gasteiger partial charge in [-0.05, 0) is 50.7 Å². The molecule has 0 amide bonds. The van der Waals surface area contributed by atoms with Gasteiger partial charge in [0.05, 0.1) is 5.69 Å². The molecule has 1 aromatic heterocycles. The zero-order valence-corrected chi connectivity index (χ0v) is 19.9. The highest BCUT2D eigenvalue weighted by atomic mass is 16.1. The fraction of sp³-hybridized carbons (Fsp3) is 0.750. The number of rotatable bonds is 22. The molecular weight excluding hydrogens is 366 g/mol. The molecule has 30 heavy (non-hydrogen) atoms. The van der Waals surface area contributed by atoms with Crippen LogP contribution in [-0.2, 0) is 6.42 Å². The highest BCUT2D eigenvalue weighted by Crippen LogP contribution is 2.13. The first-order chi connectivity index (χ1) is 14.9. The van der Waals surface area contributed by atoms with Gasteiger partial charge in [-0.1, -0.05) is 109 Å². The molecule has 0 aliphatic rings. The third kappa shape index (κ3) is 16.5. The Balaban J connectivity index is 1.73. The number of aryl methyl sites for hydroxylation is 1. The monoisotopic (exact) mass is 415 g/mol. The topological polar surface area (TPSA) is 32.9 Å². The third-order valence-electron chi connectivity index (χ3n) is 6.10. The minimum absolute atomic E-state index is 0.696. The number of nitrogens with one attached hydrogen (secondary N) is 1. The molecule has 0 fully saturated rings. The SMILES string of the molecule is CCCCCCCCCCCCC/C=C\CCCCCCCCc1ccc(C=O)[nH]1. The second-order valence-corrected chi connectivity index (χ2v) is 9.01. The summed E-state index contributed by atoms with van der Waals surface area (Å²) in [5.41, 5.74) is 1.89. The van der Waals surface area contributed by atoms with Gasteiger partial charge in [0.2, 0.25) is 0 Å². The van der Waals surface area contributed by atoms with E-state index in [0.29, 0.717) is 5.69 Å². The fourth-order valence-corrected chi connectivity index (χ4v) is 4.12. The van der Waals surface area contributed by atoms with E-state index in [1.54, 1.807) is 0 Å². The molecule has 0 radical (unpaired) electrons. The minimum Gasteiger partial charge on any atom is -0.356 e. The molecule has 1 heterocycles. The molecule has 2 nitrogen and oxygen atoms in total. The second kappa shape index (κ2) is 20.9. The maximum atomic E-state index is 10.6. The lowest BCUT2D eigenvalue weighted by Crippen LogP contribution is -1.87. The van der Waals surface area contributed by atoms with E-state index in [1.807, 2.05) is 12.1 Å². The first-order valence-corrected chi connectivity index (χ1v) is 13.1. The molecule has 1 rings (SSSR count). The number of aromatic nitrogens is 1. The van der Waals surface area contributed by atoms with Gasteiger partial charge in [0.1, 0.15) is 0 Å². The largest absolute Gasteiger partial charge is 0.356 e. The van der Waals surface area contributed by atoms with E-state index in [-0.39, 0.29) is 0 Å². The number of hydrogen-bond acceptors (Lipinski definition) is 1. The summed E-state index contributed by atoms with van der Waals surface area (Å²) in [6.45, 7) is 2.29. The van der Waals surface area contributed by atoms with Crippen molar-refractivity contribution in [3.8, 4) is 0 Å². The van der Waals surface area contributed by atoms with Gasteiger partial charge in [-0.3, -0.25) is 4.79 Å². The smallest absolute Gasteiger partial charge is 0.166 e.